The van der Waals surface area contributed by atoms with Gasteiger partial charge in [-0.1, -0.05) is 25.3 Å². The van der Waals surface area contributed by atoms with Crippen LogP contribution in [0.3, 0.4) is 0 Å². The molecule has 1 saturated carbocycles. The van der Waals surface area contributed by atoms with Gasteiger partial charge in [0.15, 0.2) is 6.04 Å². The van der Waals surface area contributed by atoms with Crippen LogP contribution < -0.4 is 0 Å². The number of esters is 1. The van der Waals surface area contributed by atoms with Crippen LogP contribution in [0.4, 0.5) is 9.59 Å². The number of carbonyl (C=O) groups excluding carboxylic acids is 3. The maximum Gasteiger partial charge on any atom is 0.420 e. The van der Waals surface area contributed by atoms with E-state index in [0.717, 1.165) is 50.2 Å². The minimum Gasteiger partial charge on any atom is -0.478 e. The average molecular weight is 624 g/mol. The fourth-order valence-electron chi connectivity index (χ4n) is 4.96. The largest absolute Gasteiger partial charge is 0.478 e. The van der Waals surface area contributed by atoms with E-state index in [1.54, 1.807) is 58.2 Å². The van der Waals surface area contributed by atoms with Gasteiger partial charge >= 0.3 is 24.1 Å². The third-order valence-corrected chi connectivity index (χ3v) is 7.47. The van der Waals surface area contributed by atoms with Crippen LogP contribution in [0.2, 0.25) is 0 Å². The molecule has 1 aliphatic carbocycles. The number of aromatic carboxylic acids is 1. The second kappa shape index (κ2) is 12.2. The molecule has 40 heavy (non-hydrogen) atoms. The number of benzene rings is 1. The molecule has 1 atom stereocenters. The number of hydrogen-bond acceptors (Lipinski definition) is 7. The van der Waals surface area contributed by atoms with Crippen molar-refractivity contribution in [2.24, 2.45) is 0 Å². The van der Waals surface area contributed by atoms with E-state index in [0.29, 0.717) is 15.0 Å². The summed E-state index contributed by atoms with van der Waals surface area (Å²) in [4.78, 5) is 52.5. The molecule has 1 aliphatic rings. The normalized spacial score (nSPS) is 15.4. The average Bonchev–Trinajstić information content (AvgIpc) is 3.11. The van der Waals surface area contributed by atoms with Gasteiger partial charge in [0.2, 0.25) is 0 Å². The topological polar surface area (TPSA) is 124 Å². The van der Waals surface area contributed by atoms with Crippen molar-refractivity contribution in [1.82, 2.24) is 9.47 Å². The number of ether oxygens (including phenoxy) is 3. The van der Waals surface area contributed by atoms with Crippen LogP contribution in [0.5, 0.6) is 0 Å². The maximum atomic E-state index is 13.4. The van der Waals surface area contributed by atoms with Gasteiger partial charge in [0.1, 0.15) is 11.2 Å². The van der Waals surface area contributed by atoms with Crippen LogP contribution in [-0.4, -0.2) is 63.1 Å². The van der Waals surface area contributed by atoms with Crippen molar-refractivity contribution in [2.45, 2.75) is 103 Å². The second-order valence-electron chi connectivity index (χ2n) is 12.1. The minimum atomic E-state index is -1.48. The van der Waals surface area contributed by atoms with Gasteiger partial charge in [0.25, 0.3) is 0 Å². The fourth-order valence-corrected chi connectivity index (χ4v) is 5.83. The molecular formula is C29H39BrN2O8. The van der Waals surface area contributed by atoms with Crippen LogP contribution >= 0.6 is 15.9 Å². The molecule has 3 rings (SSSR count). The number of amides is 2. The molecule has 1 fully saturated rings. The molecule has 1 N–H and O–H groups in total. The Morgan fingerprint density at radius 3 is 2.02 bits per heavy atom. The van der Waals surface area contributed by atoms with Gasteiger partial charge in [-0.05, 0) is 93.9 Å². The Morgan fingerprint density at radius 2 is 1.55 bits per heavy atom. The van der Waals surface area contributed by atoms with E-state index in [1.165, 1.54) is 6.07 Å². The number of carboxylic acid groups (broad SMARTS) is 1. The summed E-state index contributed by atoms with van der Waals surface area (Å²) in [6.45, 7) is 9.64. The molecule has 2 amide bonds. The van der Waals surface area contributed by atoms with Crippen molar-refractivity contribution < 1.29 is 38.5 Å². The van der Waals surface area contributed by atoms with Crippen LogP contribution in [-0.2, 0) is 25.5 Å². The summed E-state index contributed by atoms with van der Waals surface area (Å²) >= 11 is 3.72. The lowest BCUT2D eigenvalue weighted by Gasteiger charge is -2.32. The smallest absolute Gasteiger partial charge is 0.420 e. The van der Waals surface area contributed by atoms with Crippen LogP contribution in [0, 0.1) is 0 Å². The third kappa shape index (κ3) is 7.35. The van der Waals surface area contributed by atoms with Crippen LogP contribution in [0.15, 0.2) is 22.8 Å². The monoisotopic (exact) mass is 622 g/mol. The van der Waals surface area contributed by atoms with Crippen LogP contribution in [0.25, 0.3) is 10.9 Å². The summed E-state index contributed by atoms with van der Waals surface area (Å²) in [5.74, 6) is -1.73. The molecule has 0 radical (unpaired) electrons. The fraction of sp³-hybridized carbons (Fsp3) is 0.586. The molecular weight excluding hydrogens is 584 g/mol. The van der Waals surface area contributed by atoms with Crippen molar-refractivity contribution in [2.75, 3.05) is 7.11 Å². The molecule has 0 bridgehead atoms. The number of imide groups is 1. The number of carbonyl (C=O) groups is 4. The second-order valence-corrected chi connectivity index (χ2v) is 12.8. The van der Waals surface area contributed by atoms with Crippen LogP contribution in [0.1, 0.15) is 95.5 Å². The Kier molecular flexibility index (Phi) is 9.59. The van der Waals surface area contributed by atoms with E-state index < -0.39 is 41.4 Å². The lowest BCUT2D eigenvalue weighted by Crippen LogP contribution is -2.53. The number of halogens is 1. The predicted molar refractivity (Wildman–Crippen MR) is 153 cm³/mol. The van der Waals surface area contributed by atoms with Crippen molar-refractivity contribution in [3.8, 4) is 0 Å². The number of hydrogen-bond donors (Lipinski definition) is 1. The van der Waals surface area contributed by atoms with E-state index in [2.05, 4.69) is 15.9 Å². The van der Waals surface area contributed by atoms with Gasteiger partial charge in [-0.25, -0.2) is 19.2 Å². The van der Waals surface area contributed by atoms with E-state index in [4.69, 9.17) is 14.2 Å². The number of carboxylic acids is 1. The highest BCUT2D eigenvalue weighted by molar-refractivity contribution is 9.10. The molecule has 10 nitrogen and oxygen atoms in total. The molecule has 1 heterocycles. The lowest BCUT2D eigenvalue weighted by molar-refractivity contribution is -0.147. The van der Waals surface area contributed by atoms with Gasteiger partial charge in [0.05, 0.1) is 29.3 Å². The first-order valence-corrected chi connectivity index (χ1v) is 14.2. The van der Waals surface area contributed by atoms with E-state index in [9.17, 15) is 24.3 Å². The first-order valence-electron chi connectivity index (χ1n) is 13.4. The molecule has 0 aliphatic heterocycles. The molecule has 0 saturated heterocycles. The lowest BCUT2D eigenvalue weighted by atomic mass is 9.84. The molecule has 1 unspecified atom stereocenters. The predicted octanol–water partition coefficient (Wildman–Crippen LogP) is 6.86. The van der Waals surface area contributed by atoms with E-state index >= 15 is 0 Å². The highest BCUT2D eigenvalue weighted by atomic mass is 79.9. The Balaban J connectivity index is 2.21. The first kappa shape index (κ1) is 31.4. The SMILES string of the molecule is COC(=O)C(Cn1c(Br)c(C2CCCCC2)c2ccc(C(=O)O)cc21)N(C(=O)OC(C)(C)C)C(=O)OC(C)(C)C. The van der Waals surface area contributed by atoms with Gasteiger partial charge in [-0.15, -0.1) is 0 Å². The third-order valence-electron chi connectivity index (χ3n) is 6.62. The molecule has 1 aromatic heterocycles. The molecule has 2 aromatic rings. The highest BCUT2D eigenvalue weighted by Crippen LogP contribution is 2.43. The van der Waals surface area contributed by atoms with Gasteiger partial charge in [-0.3, -0.25) is 0 Å². The Labute approximate surface area is 243 Å². The first-order chi connectivity index (χ1) is 18.5. The van der Waals surface area contributed by atoms with Crippen molar-refractivity contribution in [3.63, 3.8) is 0 Å². The summed E-state index contributed by atoms with van der Waals surface area (Å²) in [6.07, 6.45) is 3.12. The number of methoxy groups -OCH3 is 1. The summed E-state index contributed by atoms with van der Waals surface area (Å²) in [5.41, 5.74) is -0.308. The zero-order valence-electron chi connectivity index (χ0n) is 24.2. The number of aromatic nitrogens is 1. The number of nitrogens with zero attached hydrogens (tertiary/aromatic N) is 2. The maximum absolute atomic E-state index is 13.4. The summed E-state index contributed by atoms with van der Waals surface area (Å²) < 4.78 is 18.4. The number of rotatable bonds is 6. The van der Waals surface area contributed by atoms with Gasteiger partial charge in [-0.2, -0.15) is 4.90 Å². The Hall–Kier alpha value is -3.08. The highest BCUT2D eigenvalue weighted by Gasteiger charge is 2.42. The van der Waals surface area contributed by atoms with Crippen molar-refractivity contribution in [1.29, 1.82) is 0 Å². The van der Waals surface area contributed by atoms with Gasteiger partial charge in [0, 0.05) is 5.39 Å². The van der Waals surface area contributed by atoms with E-state index in [1.807, 2.05) is 0 Å². The number of fused-ring (bicyclic) bond motifs is 1. The molecule has 1 aromatic carbocycles. The molecule has 0 spiro atoms. The molecule has 11 heteroatoms. The minimum absolute atomic E-state index is 0.0692. The van der Waals surface area contributed by atoms with Crippen molar-refractivity contribution >= 4 is 51.0 Å². The zero-order valence-corrected chi connectivity index (χ0v) is 25.8. The Bertz CT molecular complexity index is 1250. The standard InChI is InChI=1S/C29H39BrN2O8/c1-28(2,3)39-26(36)32(27(37)40-29(4,5)6)21(25(35)38-7)16-31-20-15-18(24(33)34)13-14-19(20)22(23(31)30)17-11-9-8-10-12-17/h13-15,17,21H,8-12,16H2,1-7H3,(H,33,34). The van der Waals surface area contributed by atoms with Crippen molar-refractivity contribution in [3.05, 3.63) is 33.9 Å². The van der Waals surface area contributed by atoms with Gasteiger partial charge < -0.3 is 23.9 Å². The Morgan fingerprint density at radius 1 is 1.00 bits per heavy atom. The summed E-state index contributed by atoms with van der Waals surface area (Å²) in [5, 5.41) is 10.5. The summed E-state index contributed by atoms with van der Waals surface area (Å²) in [7, 11) is 1.16. The van der Waals surface area contributed by atoms with E-state index in [-0.39, 0.29) is 18.0 Å². The quantitative estimate of drug-likeness (QED) is 0.273. The molecule has 220 valence electrons. The summed E-state index contributed by atoms with van der Waals surface area (Å²) in [6, 6.07) is 3.39. The zero-order chi connectivity index (χ0) is 30.0.